The maximum atomic E-state index is 14.5. The van der Waals surface area contributed by atoms with E-state index in [1.807, 2.05) is 69.2 Å². The summed E-state index contributed by atoms with van der Waals surface area (Å²) in [4.78, 5) is 253. The van der Waals surface area contributed by atoms with E-state index in [1.54, 1.807) is 60.7 Å². The van der Waals surface area contributed by atoms with Gasteiger partial charge in [0.25, 0.3) is 0 Å². The number of unbranched alkanes of at least 4 members (excludes halogenated alkanes) is 5. The summed E-state index contributed by atoms with van der Waals surface area (Å²) >= 11 is 0. The minimum Gasteiger partial charge on any atom is -0.393 e. The van der Waals surface area contributed by atoms with E-state index in [-0.39, 0.29) is 204 Å². The normalized spacial score (nSPS) is 23.2. The van der Waals surface area contributed by atoms with Gasteiger partial charge in [0.1, 0.15) is 72.5 Å². The molecule has 2 aliphatic rings. The van der Waals surface area contributed by atoms with Crippen LogP contribution in [0.15, 0.2) is 60.7 Å². The van der Waals surface area contributed by atoms with Gasteiger partial charge in [-0.15, -0.1) is 0 Å². The van der Waals surface area contributed by atoms with Crippen LogP contribution in [0.4, 0.5) is 0 Å². The van der Waals surface area contributed by atoms with Crippen LogP contribution < -0.4 is 119 Å². The first-order chi connectivity index (χ1) is 70.4. The molecule has 30 N–H and O–H groups in total. The molecule has 2 aliphatic heterocycles. The van der Waals surface area contributed by atoms with Crippen LogP contribution in [0.25, 0.3) is 0 Å². The molecule has 0 aliphatic carbocycles. The Kier molecular flexibility index (Phi) is 64.9. The first-order valence-corrected chi connectivity index (χ1v) is 53.9. The van der Waals surface area contributed by atoms with E-state index in [1.165, 1.54) is 0 Å². The van der Waals surface area contributed by atoms with E-state index in [0.717, 1.165) is 51.4 Å². The fourth-order valence-electron chi connectivity index (χ4n) is 17.6. The second-order valence-corrected chi connectivity index (χ2v) is 41.4. The molecule has 2 aromatic rings. The molecule has 836 valence electrons. The van der Waals surface area contributed by atoms with Gasteiger partial charge in [-0.2, -0.15) is 0 Å². The summed E-state index contributed by atoms with van der Waals surface area (Å²) < 4.78 is 0. The van der Waals surface area contributed by atoms with Crippen LogP contribution in [0.2, 0.25) is 0 Å². The predicted molar refractivity (Wildman–Crippen MR) is 566 cm³/mol. The van der Waals surface area contributed by atoms with Crippen molar-refractivity contribution in [1.82, 2.24) is 85.1 Å². The average molecular weight is 2080 g/mol. The molecule has 0 aromatic heterocycles. The maximum Gasteiger partial charge on any atom is 0.243 e. The third-order valence-electron chi connectivity index (χ3n) is 25.6. The molecule has 42 heteroatoms. The Labute approximate surface area is 875 Å². The topological polar surface area (TPSA) is 696 Å². The number of nitrogens with one attached hydrogen (secondary N) is 16. The second-order valence-electron chi connectivity index (χ2n) is 41.4. The molecule has 42 nitrogen and oxygen atoms in total. The number of aliphatic hydroxyl groups is 2. The van der Waals surface area contributed by atoms with Crippen molar-refractivity contribution in [2.45, 2.75) is 392 Å². The van der Waals surface area contributed by atoms with Crippen LogP contribution in [-0.2, 0) is 99.1 Å². The van der Waals surface area contributed by atoms with E-state index < -0.39 is 215 Å². The first-order valence-electron chi connectivity index (χ1n) is 53.9. The van der Waals surface area contributed by atoms with Crippen molar-refractivity contribution in [3.8, 4) is 0 Å². The Morgan fingerprint density at radius 2 is 0.608 bits per heavy atom. The number of aliphatic hydroxyl groups excluding tert-OH is 2. The van der Waals surface area contributed by atoms with Gasteiger partial charge in [-0.3, -0.25) is 86.3 Å². The molecule has 2 fully saturated rings. The number of benzene rings is 2. The highest BCUT2D eigenvalue weighted by Gasteiger charge is 2.41. The molecular weight excluding hydrogens is 1900 g/mol. The number of Topliss-reactive ketones (excluding diaryl/α,β-unsaturated/α-hetero) is 2. The molecule has 2 heterocycles. The smallest absolute Gasteiger partial charge is 0.243 e. The summed E-state index contributed by atoms with van der Waals surface area (Å²) in [7, 11) is 0. The summed E-state index contributed by atoms with van der Waals surface area (Å²) in [6.07, 6.45) is 6.50. The molecule has 2 saturated heterocycles. The van der Waals surface area contributed by atoms with Gasteiger partial charge < -0.3 is 130 Å². The number of amides is 16. The summed E-state index contributed by atoms with van der Waals surface area (Å²) in [6, 6.07) is 0.537. The second kappa shape index (κ2) is 73.2. The lowest BCUT2D eigenvalue weighted by atomic mass is 9.88. The van der Waals surface area contributed by atoms with Crippen LogP contribution in [0, 0.1) is 41.4 Å². The SMILES string of the molecule is CCCCCCC[C@@H](O)CC(=O)N[C@H](CCN)C(=O)N[C@H]1CCNC(=O)[C@H](CC(C)C)NC(=O)[C@H](CCC)NC(=O)[C@H](CCN)NC(=O)[C@H](CC(C)C)CC(=O)[C@@H](Cc2ccccc2)NC(=O)[C@H](CCN)NC1=O.CCC[C@@H]1NC(=O)[C@H](CCN)NC(=O)[C@H](CC(C)C)CC(=O)[C@@H](Cc2ccccc2)NC(=O)[C@H](CCN)NC(=O)[C@@H](NC(=O)[C@@H](CCN)NC(=O)C[C@H](O)CCCCC(C)C)CCNC(=O)[C@H](CC(C)C)NC1=O. The van der Waals surface area contributed by atoms with E-state index in [2.05, 4.69) is 106 Å². The van der Waals surface area contributed by atoms with E-state index in [4.69, 9.17) is 34.4 Å². The Bertz CT molecular complexity index is 4400. The number of carbonyl (C=O) groups is 18. The zero-order chi connectivity index (χ0) is 110. The highest BCUT2D eigenvalue weighted by molar-refractivity contribution is 6.01. The number of nitrogens with two attached hydrogens (primary N) is 6. The Balaban J connectivity index is 0.000000760. The summed E-state index contributed by atoms with van der Waals surface area (Å²) in [5.41, 5.74) is 36.9. The maximum absolute atomic E-state index is 14.5. The van der Waals surface area contributed by atoms with Gasteiger partial charge in [0.2, 0.25) is 94.5 Å². The van der Waals surface area contributed by atoms with E-state index >= 15 is 0 Å². The van der Waals surface area contributed by atoms with Crippen molar-refractivity contribution in [2.24, 2.45) is 75.8 Å². The number of hydrogen-bond acceptors (Lipinski definition) is 26. The molecule has 16 amide bonds. The van der Waals surface area contributed by atoms with E-state index in [0.29, 0.717) is 42.7 Å². The molecule has 0 bridgehead atoms. The van der Waals surface area contributed by atoms with Crippen molar-refractivity contribution < 1.29 is 96.5 Å². The highest BCUT2D eigenvalue weighted by atomic mass is 16.3. The molecule has 148 heavy (non-hydrogen) atoms. The van der Waals surface area contributed by atoms with Gasteiger partial charge >= 0.3 is 0 Å². The molecule has 4 rings (SSSR count). The third kappa shape index (κ3) is 52.4. The zero-order valence-electron chi connectivity index (χ0n) is 90.0. The van der Waals surface area contributed by atoms with Gasteiger partial charge in [0.05, 0.1) is 37.1 Å². The summed E-state index contributed by atoms with van der Waals surface area (Å²) in [6.45, 7) is 24.2. The molecule has 0 saturated carbocycles. The van der Waals surface area contributed by atoms with Crippen molar-refractivity contribution >= 4 is 106 Å². The Hall–Kier alpha value is -11.0. The van der Waals surface area contributed by atoms with Crippen molar-refractivity contribution in [2.75, 3.05) is 52.4 Å². The minimum absolute atomic E-state index is 0.00114. The van der Waals surface area contributed by atoms with Crippen molar-refractivity contribution in [3.05, 3.63) is 71.8 Å². The average Bonchev–Trinajstić information content (AvgIpc) is 1.03. The number of ketones is 2. The Morgan fingerprint density at radius 3 is 0.912 bits per heavy atom. The largest absolute Gasteiger partial charge is 0.393 e. The van der Waals surface area contributed by atoms with E-state index in [9.17, 15) is 96.5 Å². The summed E-state index contributed by atoms with van der Waals surface area (Å²) in [5, 5.41) is 64.9. The van der Waals surface area contributed by atoms with Gasteiger partial charge in [-0.05, 0) is 196 Å². The number of rotatable bonds is 49. The van der Waals surface area contributed by atoms with Crippen molar-refractivity contribution in [3.63, 3.8) is 0 Å². The lowest BCUT2D eigenvalue weighted by Crippen LogP contribution is -2.59. The highest BCUT2D eigenvalue weighted by Crippen LogP contribution is 2.24. The standard InChI is InChI=1S/2C53H91N11O10/c1-8-14-38-49(70)64-44(28-34(6)7)48(69)57-26-22-42(62-50(71)39(19-23-54)58-46(67)31-37(65)18-13-12-15-32(2)3)53(74)61-41(21-25-56)52(73)63-43(29-35-16-10-9-11-17-35)45(66)30-36(27-33(4)5)47(68)59-40(20-24-55)51(72)60-38;1-7-9-10-11-15-19-37(65)32-46(67)58-39(20-24-54)50(71)62-42-23-27-57-48(69)44(29-34(5)6)64-49(70)38(16-8-2)60-51(72)40(21-25-55)59-47(68)36(28-33(3)4)31-45(66)43(30-35-17-13-12-14-18-35)63-52(73)41(22-26-56)61-53(42)74/h9-11,16-17,32-34,36-44,65H,8,12-15,18-31,54-56H2,1-7H3,(H,57,69)(H,58,67)(H,59,68)(H,60,72)(H,61,74)(H,62,71)(H,63,73)(H,64,70);12-14,17-18,33-34,36-44,65H,7-11,15-16,19-32,54-56H2,1-6H3,(H,57,69)(H,58,67)(H,59,68)(H,60,72)(H,61,74)(H,62,71)(H,63,73)(H,64,70)/t2*36-,37-,38+,39-,40+,41+,42+,43-,44+/m11/s1. The van der Waals surface area contributed by atoms with Crippen LogP contribution in [0.1, 0.15) is 294 Å². The zero-order valence-corrected chi connectivity index (χ0v) is 90.0. The fourth-order valence-corrected chi connectivity index (χ4v) is 17.6. The lowest BCUT2D eigenvalue weighted by molar-refractivity contribution is -0.136. The molecular formula is C106H182N22O20. The predicted octanol–water partition coefficient (Wildman–Crippen LogP) is 1.39. The molecule has 18 atom stereocenters. The first kappa shape index (κ1) is 131. The van der Waals surface area contributed by atoms with Gasteiger partial charge in [0.15, 0.2) is 11.6 Å². The van der Waals surface area contributed by atoms with Crippen LogP contribution in [0.3, 0.4) is 0 Å². The van der Waals surface area contributed by atoms with Gasteiger partial charge in [-0.1, -0.05) is 215 Å². The Morgan fingerprint density at radius 1 is 0.318 bits per heavy atom. The summed E-state index contributed by atoms with van der Waals surface area (Å²) in [5.74, 6) is -13.9. The van der Waals surface area contributed by atoms with Gasteiger partial charge in [-0.25, -0.2) is 0 Å². The van der Waals surface area contributed by atoms with Crippen molar-refractivity contribution in [1.29, 1.82) is 0 Å². The number of hydrogen-bond donors (Lipinski definition) is 24. The monoisotopic (exact) mass is 2080 g/mol. The minimum atomic E-state index is -1.44. The molecule has 0 unspecified atom stereocenters. The molecule has 2 aromatic carbocycles. The van der Waals surface area contributed by atoms with Crippen LogP contribution in [0.5, 0.6) is 0 Å². The lowest BCUT2D eigenvalue weighted by Gasteiger charge is -2.27. The fraction of sp³-hybridized carbons (Fsp3) is 0.717. The number of carbonyl (C=O) groups excluding carboxylic acids is 18. The van der Waals surface area contributed by atoms with Crippen LogP contribution >= 0.6 is 0 Å². The third-order valence-corrected chi connectivity index (χ3v) is 25.6. The quantitative estimate of drug-likeness (QED) is 0.0416. The molecule has 0 spiro atoms. The van der Waals surface area contributed by atoms with Crippen LogP contribution in [-0.4, -0.2) is 265 Å². The molecule has 0 radical (unpaired) electrons. The van der Waals surface area contributed by atoms with Gasteiger partial charge in [0, 0.05) is 37.8 Å².